The van der Waals surface area contributed by atoms with Crippen molar-refractivity contribution in [3.63, 3.8) is 0 Å². The van der Waals surface area contributed by atoms with Gasteiger partial charge in [0, 0.05) is 65.7 Å². The molecular weight excluding hydrogens is 926 g/mol. The van der Waals surface area contributed by atoms with Crippen LogP contribution in [-0.2, 0) is 0 Å². The number of nitro benzene ring substituents is 1. The van der Waals surface area contributed by atoms with Crippen LogP contribution in [0.4, 0.5) is 29.0 Å². The van der Waals surface area contributed by atoms with Gasteiger partial charge in [0.05, 0.1) is 62.1 Å². The zero-order valence-corrected chi connectivity index (χ0v) is 38.3. The molecular formula is C49H43Cl2N11O7. The minimum atomic E-state index is -0.660. The van der Waals surface area contributed by atoms with Crippen molar-refractivity contribution in [1.29, 1.82) is 0 Å². The molecule has 20 heteroatoms. The van der Waals surface area contributed by atoms with Gasteiger partial charge in [-0.15, -0.1) is 0 Å². The molecule has 0 saturated carbocycles. The first-order valence-corrected chi connectivity index (χ1v) is 22.1. The summed E-state index contributed by atoms with van der Waals surface area (Å²) >= 11 is 12.8. The molecule has 0 aliphatic rings. The summed E-state index contributed by atoms with van der Waals surface area (Å²) in [4.78, 5) is 62.7. The van der Waals surface area contributed by atoms with Crippen molar-refractivity contribution in [2.45, 2.75) is 32.4 Å². The number of non-ortho nitro benzene ring substituents is 1. The number of carbonyl (C=O) groups excluding carboxylic acids is 2. The van der Waals surface area contributed by atoms with E-state index in [0.717, 1.165) is 5.56 Å². The number of nitro groups is 1. The number of aliphatic hydroxyl groups excluding tert-OH is 2. The molecule has 0 bridgehead atoms. The van der Waals surface area contributed by atoms with Gasteiger partial charge in [-0.2, -0.15) is 0 Å². The van der Waals surface area contributed by atoms with E-state index in [9.17, 15) is 35.0 Å². The molecule has 0 fully saturated rings. The average molecular weight is 969 g/mol. The smallest absolute Gasteiger partial charge is 0.271 e. The van der Waals surface area contributed by atoms with Crippen molar-refractivity contribution in [3.05, 3.63) is 176 Å². The number of nitrogens with one attached hydrogen (secondary N) is 6. The first-order valence-electron chi connectivity index (χ1n) is 21.3. The van der Waals surface area contributed by atoms with Gasteiger partial charge in [-0.1, -0.05) is 71.7 Å². The molecule has 8 aromatic rings. The lowest BCUT2D eigenvalue weighted by Crippen LogP contribution is -2.30. The lowest BCUT2D eigenvalue weighted by molar-refractivity contribution is -0.384. The number of hydrogen-bond donors (Lipinski definition) is 9. The highest BCUT2D eigenvalue weighted by Crippen LogP contribution is 2.36. The summed E-state index contributed by atoms with van der Waals surface area (Å²) in [5, 5.41) is 54.2. The fourth-order valence-corrected chi connectivity index (χ4v) is 7.95. The Morgan fingerprint density at radius 3 is 2.00 bits per heavy atom. The maximum atomic E-state index is 13.9. The van der Waals surface area contributed by atoms with Crippen LogP contribution in [0.2, 0.25) is 10.0 Å². The molecule has 4 heterocycles. The van der Waals surface area contributed by atoms with Crippen molar-refractivity contribution < 1.29 is 29.8 Å². The van der Waals surface area contributed by atoms with Crippen molar-refractivity contribution in [3.8, 4) is 39.5 Å². The number of aromatic amines is 2. The quantitative estimate of drug-likeness (QED) is 0.0304. The topological polar surface area (TPSA) is 269 Å². The molecule has 0 saturated heterocycles. The van der Waals surface area contributed by atoms with Crippen LogP contribution in [0.3, 0.4) is 0 Å². The number of hydrogen-bond acceptors (Lipinski definition) is 13. The number of aromatic nitrogens is 6. The summed E-state index contributed by atoms with van der Waals surface area (Å²) in [7, 11) is 0. The molecule has 2 unspecified atom stereocenters. The van der Waals surface area contributed by atoms with Crippen LogP contribution < -0.4 is 21.3 Å². The highest BCUT2D eigenvalue weighted by Gasteiger charge is 2.23. The molecule has 4 aromatic carbocycles. The molecule has 4 aromatic heterocycles. The number of H-pyrrole nitrogens is 2. The Labute approximate surface area is 404 Å². The van der Waals surface area contributed by atoms with E-state index in [0.29, 0.717) is 66.9 Å². The SMILES string of the molecule is Cc1cnc(Nc2ccc([N+](=O)[O-])cc2Cl)nc1-c1c[nH]c(C(=O)NC(CCO)c2cccc(-c3nc(Nc4cc(O)ccc4Cl)nc(-c4c[nH]c(C(=O)NC(CO)c5ccccc5)c4)c3C)c2)c1. The van der Waals surface area contributed by atoms with Crippen molar-refractivity contribution in [2.24, 2.45) is 0 Å². The maximum Gasteiger partial charge on any atom is 0.271 e. The van der Waals surface area contributed by atoms with E-state index in [2.05, 4.69) is 41.2 Å². The Morgan fingerprint density at radius 1 is 0.696 bits per heavy atom. The van der Waals surface area contributed by atoms with Gasteiger partial charge in [-0.25, -0.2) is 19.9 Å². The van der Waals surface area contributed by atoms with E-state index < -0.39 is 28.8 Å². The van der Waals surface area contributed by atoms with E-state index in [1.165, 1.54) is 36.4 Å². The van der Waals surface area contributed by atoms with Crippen molar-refractivity contribution >= 4 is 64.0 Å². The third kappa shape index (κ3) is 10.8. The van der Waals surface area contributed by atoms with Crippen LogP contribution in [0, 0.1) is 24.0 Å². The Hall–Kier alpha value is -8.16. The largest absolute Gasteiger partial charge is 0.508 e. The number of carbonyl (C=O) groups is 2. The number of anilines is 4. The average Bonchev–Trinajstić information content (AvgIpc) is 4.06. The zero-order chi connectivity index (χ0) is 48.8. The Morgan fingerprint density at radius 2 is 1.33 bits per heavy atom. The molecule has 8 rings (SSSR count). The Balaban J connectivity index is 1.07. The van der Waals surface area contributed by atoms with Crippen LogP contribution in [0.5, 0.6) is 5.75 Å². The third-order valence-corrected chi connectivity index (χ3v) is 11.7. The Bertz CT molecular complexity index is 3200. The second-order valence-corrected chi connectivity index (χ2v) is 16.6. The van der Waals surface area contributed by atoms with Crippen molar-refractivity contribution in [1.82, 2.24) is 40.5 Å². The van der Waals surface area contributed by atoms with Gasteiger partial charge in [0.15, 0.2) is 0 Å². The molecule has 9 N–H and O–H groups in total. The number of benzene rings is 4. The molecule has 2 atom stereocenters. The van der Waals surface area contributed by atoms with E-state index >= 15 is 0 Å². The summed E-state index contributed by atoms with van der Waals surface area (Å²) in [6.07, 6.45) is 5.04. The molecule has 18 nitrogen and oxygen atoms in total. The van der Waals surface area contributed by atoms with Crippen LogP contribution in [-0.4, -0.2) is 75.2 Å². The number of aliphatic hydroxyl groups is 2. The van der Waals surface area contributed by atoms with Gasteiger partial charge in [-0.05, 0) is 73.4 Å². The summed E-state index contributed by atoms with van der Waals surface area (Å²) < 4.78 is 0. The van der Waals surface area contributed by atoms with Crippen molar-refractivity contribution in [2.75, 3.05) is 23.8 Å². The number of amides is 2. The standard InChI is InChI=1S/C49H43Cl2N11O7/c1-26-22-54-48(57-38-14-11-33(62(68)69)20-36(38)51)59-43(26)31-18-40(52-23-31)46(66)55-37(15-16-63)29-9-6-10-30(17-29)44-27(2)45(61-49(60-44)58-39-21-34(65)12-13-35(39)50)32-19-41(53-24-32)47(67)56-42(25-64)28-7-4-3-5-8-28/h3-14,17-24,37,42,52-53,63-65H,15-16,25H2,1-2H3,(H,55,66)(H,56,67)(H,54,57,59)(H,58,60,61). The van der Waals surface area contributed by atoms with E-state index in [1.54, 1.807) is 30.7 Å². The monoisotopic (exact) mass is 967 g/mol. The predicted molar refractivity (Wildman–Crippen MR) is 262 cm³/mol. The van der Waals surface area contributed by atoms with Gasteiger partial charge < -0.3 is 46.6 Å². The summed E-state index contributed by atoms with van der Waals surface area (Å²) in [5.41, 5.74) is 6.98. The Kier molecular flexibility index (Phi) is 14.3. The van der Waals surface area contributed by atoms with Gasteiger partial charge in [0.1, 0.15) is 17.1 Å². The molecule has 0 aliphatic carbocycles. The minimum absolute atomic E-state index is 0.0362. The fourth-order valence-electron chi connectivity index (χ4n) is 7.57. The van der Waals surface area contributed by atoms with E-state index in [1.807, 2.05) is 68.4 Å². The lowest BCUT2D eigenvalue weighted by atomic mass is 9.97. The van der Waals surface area contributed by atoms with Gasteiger partial charge in [-0.3, -0.25) is 19.7 Å². The second kappa shape index (κ2) is 20.8. The third-order valence-electron chi connectivity index (χ3n) is 11.1. The molecule has 0 spiro atoms. The normalized spacial score (nSPS) is 12.0. The second-order valence-electron chi connectivity index (χ2n) is 15.8. The highest BCUT2D eigenvalue weighted by atomic mass is 35.5. The first-order chi connectivity index (χ1) is 33.3. The summed E-state index contributed by atoms with van der Waals surface area (Å²) in [6.45, 7) is 3.09. The lowest BCUT2D eigenvalue weighted by Gasteiger charge is -2.20. The number of aryl methyl sites for hydroxylation is 1. The molecule has 69 heavy (non-hydrogen) atoms. The van der Waals surface area contributed by atoms with Gasteiger partial charge >= 0.3 is 0 Å². The predicted octanol–water partition coefficient (Wildman–Crippen LogP) is 9.27. The number of phenolic OH excluding ortho intramolecular Hbond substituents is 1. The molecule has 350 valence electrons. The molecule has 0 aliphatic heterocycles. The maximum absolute atomic E-state index is 13.9. The molecule has 2 amide bonds. The van der Waals surface area contributed by atoms with E-state index in [-0.39, 0.29) is 59.4 Å². The first kappa shape index (κ1) is 47.3. The van der Waals surface area contributed by atoms with Crippen LogP contribution in [0.25, 0.3) is 33.8 Å². The number of rotatable bonds is 17. The van der Waals surface area contributed by atoms with Gasteiger partial charge in [0.2, 0.25) is 11.9 Å². The fraction of sp³-hybridized carbons (Fsp3) is 0.143. The van der Waals surface area contributed by atoms with E-state index in [4.69, 9.17) is 33.2 Å². The zero-order valence-electron chi connectivity index (χ0n) is 36.8. The summed E-state index contributed by atoms with van der Waals surface area (Å²) in [5.74, 6) is -0.635. The highest BCUT2D eigenvalue weighted by molar-refractivity contribution is 6.33. The number of nitrogens with zero attached hydrogens (tertiary/aromatic N) is 5. The number of phenols is 1. The summed E-state index contributed by atoms with van der Waals surface area (Å²) in [6, 6.07) is 26.9. The van der Waals surface area contributed by atoms with Gasteiger partial charge in [0.25, 0.3) is 17.5 Å². The number of aromatic hydroxyl groups is 1. The van der Waals surface area contributed by atoms with Crippen LogP contribution >= 0.6 is 23.2 Å². The van der Waals surface area contributed by atoms with Crippen LogP contribution in [0.1, 0.15) is 61.7 Å². The van der Waals surface area contributed by atoms with Crippen LogP contribution in [0.15, 0.2) is 122 Å². The molecule has 0 radical (unpaired) electrons. The number of halogens is 2. The minimum Gasteiger partial charge on any atom is -0.508 e.